The van der Waals surface area contributed by atoms with Gasteiger partial charge >= 0.3 is 0 Å². The molecule has 0 aliphatic heterocycles. The molecule has 12 aromatic rings. The molecule has 0 amide bonds. The molecule has 4 heteroatoms. The highest BCUT2D eigenvalue weighted by molar-refractivity contribution is 6.15. The number of aromatic nitrogens is 4. The van der Waals surface area contributed by atoms with E-state index >= 15 is 0 Å². The third-order valence-electron chi connectivity index (χ3n) is 11.7. The standard InChI is InChI=1S/C54H34N4/c1-2-13-35(14-3-1)36-25-27-37(28-26-36)53-45-21-6-9-22-48(45)55-54(56-53)40-17-12-18-41(31-40)58-51-30-29-42(34-47(51)46-32-38-15-4-5-16-39(38)33-52(46)58)57-49-23-10-7-19-43(49)44-20-8-11-24-50(44)57/h1-34H. The molecule has 0 spiro atoms. The molecule has 0 radical (unpaired) electrons. The van der Waals surface area contributed by atoms with Crippen LogP contribution in [0.1, 0.15) is 0 Å². The second kappa shape index (κ2) is 12.9. The molecule has 0 bridgehead atoms. The van der Waals surface area contributed by atoms with Crippen LogP contribution in [0.5, 0.6) is 0 Å². The normalized spacial score (nSPS) is 11.8. The Kier molecular flexibility index (Phi) is 7.20. The molecule has 58 heavy (non-hydrogen) atoms. The summed E-state index contributed by atoms with van der Waals surface area (Å²) in [6.45, 7) is 0. The predicted octanol–water partition coefficient (Wildman–Crippen LogP) is 14.0. The van der Waals surface area contributed by atoms with Gasteiger partial charge in [-0.15, -0.1) is 0 Å². The van der Waals surface area contributed by atoms with Crippen LogP contribution in [0.4, 0.5) is 0 Å². The molecule has 0 unspecified atom stereocenters. The van der Waals surface area contributed by atoms with Crippen LogP contribution in [-0.2, 0) is 0 Å². The molecular formula is C54H34N4. The zero-order valence-corrected chi connectivity index (χ0v) is 31.4. The third-order valence-corrected chi connectivity index (χ3v) is 11.7. The van der Waals surface area contributed by atoms with Gasteiger partial charge in [0.25, 0.3) is 0 Å². The summed E-state index contributed by atoms with van der Waals surface area (Å²) >= 11 is 0. The molecule has 0 saturated carbocycles. The zero-order valence-electron chi connectivity index (χ0n) is 31.4. The Labute approximate surface area is 334 Å². The molecule has 12 rings (SSSR count). The Bertz CT molecular complexity index is 3500. The van der Waals surface area contributed by atoms with Crippen molar-refractivity contribution in [2.45, 2.75) is 0 Å². The highest BCUT2D eigenvalue weighted by Gasteiger charge is 2.19. The lowest BCUT2D eigenvalue weighted by atomic mass is 10.0. The highest BCUT2D eigenvalue weighted by atomic mass is 15.0. The van der Waals surface area contributed by atoms with Crippen molar-refractivity contribution < 1.29 is 0 Å². The highest BCUT2D eigenvalue weighted by Crippen LogP contribution is 2.39. The van der Waals surface area contributed by atoms with E-state index in [0.717, 1.165) is 50.1 Å². The minimum Gasteiger partial charge on any atom is -0.309 e. The van der Waals surface area contributed by atoms with Gasteiger partial charge in [-0.3, -0.25) is 0 Å². The summed E-state index contributed by atoms with van der Waals surface area (Å²) in [5.74, 6) is 0.697. The lowest BCUT2D eigenvalue weighted by molar-refractivity contribution is 1.16. The Morgan fingerprint density at radius 3 is 1.62 bits per heavy atom. The third kappa shape index (κ3) is 5.09. The van der Waals surface area contributed by atoms with E-state index in [1.807, 2.05) is 6.07 Å². The smallest absolute Gasteiger partial charge is 0.160 e. The number of para-hydroxylation sites is 3. The number of hydrogen-bond donors (Lipinski definition) is 0. The summed E-state index contributed by atoms with van der Waals surface area (Å²) < 4.78 is 4.80. The largest absolute Gasteiger partial charge is 0.309 e. The Balaban J connectivity index is 1.04. The van der Waals surface area contributed by atoms with E-state index in [1.54, 1.807) is 0 Å². The molecule has 0 fully saturated rings. The first kappa shape index (κ1) is 32.4. The maximum atomic E-state index is 5.30. The minimum atomic E-state index is 0.697. The molecule has 0 saturated heterocycles. The maximum Gasteiger partial charge on any atom is 0.160 e. The van der Waals surface area contributed by atoms with Crippen molar-refractivity contribution in [1.29, 1.82) is 0 Å². The number of nitrogens with zero attached hydrogens (tertiary/aromatic N) is 4. The van der Waals surface area contributed by atoms with E-state index in [0.29, 0.717) is 5.82 Å². The summed E-state index contributed by atoms with van der Waals surface area (Å²) in [5, 5.41) is 8.39. The van der Waals surface area contributed by atoms with Crippen molar-refractivity contribution >= 4 is 65.3 Å². The SMILES string of the molecule is c1ccc(-c2ccc(-c3nc(-c4cccc(-n5c6ccc(-n7c8ccccc8c8ccccc87)cc6c6cc7ccccc7cc65)c4)nc4ccccc34)cc2)cc1. The van der Waals surface area contributed by atoms with Gasteiger partial charge in [-0.1, -0.05) is 146 Å². The lowest BCUT2D eigenvalue weighted by Crippen LogP contribution is -1.98. The molecule has 0 N–H and O–H groups in total. The second-order valence-corrected chi connectivity index (χ2v) is 15.0. The average Bonchev–Trinajstić information content (AvgIpc) is 3.80. The molecule has 4 nitrogen and oxygen atoms in total. The van der Waals surface area contributed by atoms with E-state index in [4.69, 9.17) is 9.97 Å². The minimum absolute atomic E-state index is 0.697. The van der Waals surface area contributed by atoms with Gasteiger partial charge in [-0.25, -0.2) is 9.97 Å². The van der Waals surface area contributed by atoms with Gasteiger partial charge in [0, 0.05) is 49.4 Å². The summed E-state index contributed by atoms with van der Waals surface area (Å²) in [7, 11) is 0. The van der Waals surface area contributed by atoms with E-state index < -0.39 is 0 Å². The molecule has 3 heterocycles. The van der Waals surface area contributed by atoms with Gasteiger partial charge in [0.1, 0.15) is 0 Å². The van der Waals surface area contributed by atoms with Gasteiger partial charge in [0.05, 0.1) is 33.3 Å². The van der Waals surface area contributed by atoms with Crippen LogP contribution in [0.25, 0.3) is 110 Å². The number of rotatable bonds is 5. The fourth-order valence-electron chi connectivity index (χ4n) is 8.97. The van der Waals surface area contributed by atoms with Crippen molar-refractivity contribution in [2.24, 2.45) is 0 Å². The fraction of sp³-hybridized carbons (Fsp3) is 0. The van der Waals surface area contributed by atoms with Crippen LogP contribution in [0, 0.1) is 0 Å². The van der Waals surface area contributed by atoms with Crippen LogP contribution >= 0.6 is 0 Å². The molecule has 3 aromatic heterocycles. The van der Waals surface area contributed by atoms with Gasteiger partial charge in [-0.2, -0.15) is 0 Å². The molecule has 0 aliphatic rings. The van der Waals surface area contributed by atoms with Crippen LogP contribution < -0.4 is 0 Å². The van der Waals surface area contributed by atoms with Crippen LogP contribution in [-0.4, -0.2) is 19.1 Å². The molecule has 0 aliphatic carbocycles. The van der Waals surface area contributed by atoms with Gasteiger partial charge < -0.3 is 9.13 Å². The summed E-state index contributed by atoms with van der Waals surface area (Å²) in [6, 6.07) is 73.9. The van der Waals surface area contributed by atoms with Crippen molar-refractivity contribution in [3.05, 3.63) is 206 Å². The van der Waals surface area contributed by atoms with E-state index in [1.165, 1.54) is 54.5 Å². The van der Waals surface area contributed by atoms with Crippen LogP contribution in [0.15, 0.2) is 206 Å². The molecule has 0 atom stereocenters. The van der Waals surface area contributed by atoms with E-state index in [2.05, 4.69) is 209 Å². The Morgan fingerprint density at radius 1 is 0.293 bits per heavy atom. The summed E-state index contributed by atoms with van der Waals surface area (Å²) in [6.07, 6.45) is 0. The molecular weight excluding hydrogens is 705 g/mol. The van der Waals surface area contributed by atoms with Crippen molar-refractivity contribution in [2.75, 3.05) is 0 Å². The summed E-state index contributed by atoms with van der Waals surface area (Å²) in [4.78, 5) is 10.4. The Hall–Kier alpha value is -7.82. The lowest BCUT2D eigenvalue weighted by Gasteiger charge is -2.13. The first-order chi connectivity index (χ1) is 28.7. The summed E-state index contributed by atoms with van der Waals surface area (Å²) in [5.41, 5.74) is 13.1. The van der Waals surface area contributed by atoms with Crippen LogP contribution in [0.2, 0.25) is 0 Å². The van der Waals surface area contributed by atoms with Crippen molar-refractivity contribution in [1.82, 2.24) is 19.1 Å². The predicted molar refractivity (Wildman–Crippen MR) is 242 cm³/mol. The maximum absolute atomic E-state index is 5.30. The van der Waals surface area contributed by atoms with Gasteiger partial charge in [-0.05, 0) is 82.6 Å². The monoisotopic (exact) mass is 738 g/mol. The zero-order chi connectivity index (χ0) is 38.2. The first-order valence-corrected chi connectivity index (χ1v) is 19.7. The fourth-order valence-corrected chi connectivity index (χ4v) is 8.97. The molecule has 270 valence electrons. The quantitative estimate of drug-likeness (QED) is 0.176. The second-order valence-electron chi connectivity index (χ2n) is 15.0. The average molecular weight is 739 g/mol. The molecule has 9 aromatic carbocycles. The van der Waals surface area contributed by atoms with Crippen molar-refractivity contribution in [3.8, 4) is 45.1 Å². The van der Waals surface area contributed by atoms with Crippen LogP contribution in [0.3, 0.4) is 0 Å². The number of hydrogen-bond acceptors (Lipinski definition) is 2. The first-order valence-electron chi connectivity index (χ1n) is 19.7. The van der Waals surface area contributed by atoms with E-state index in [-0.39, 0.29) is 0 Å². The van der Waals surface area contributed by atoms with Gasteiger partial charge in [0.15, 0.2) is 5.82 Å². The van der Waals surface area contributed by atoms with Crippen molar-refractivity contribution in [3.63, 3.8) is 0 Å². The number of benzene rings is 9. The number of fused-ring (bicyclic) bond motifs is 8. The topological polar surface area (TPSA) is 35.6 Å². The Morgan fingerprint density at radius 2 is 0.845 bits per heavy atom. The van der Waals surface area contributed by atoms with E-state index in [9.17, 15) is 0 Å². The van der Waals surface area contributed by atoms with Gasteiger partial charge in [0.2, 0.25) is 0 Å².